The van der Waals surface area contributed by atoms with Gasteiger partial charge in [-0.05, 0) is 48.9 Å². The molecule has 25 heavy (non-hydrogen) atoms. The van der Waals surface area contributed by atoms with E-state index in [0.29, 0.717) is 30.0 Å². The second-order valence-corrected chi connectivity index (χ2v) is 9.08. The van der Waals surface area contributed by atoms with E-state index in [2.05, 4.69) is 26.0 Å². The maximum atomic E-state index is 12.7. The summed E-state index contributed by atoms with van der Waals surface area (Å²) in [7, 11) is 3.17. The molecule has 0 aromatic heterocycles. The van der Waals surface area contributed by atoms with Gasteiger partial charge >= 0.3 is 0 Å². The van der Waals surface area contributed by atoms with E-state index < -0.39 is 5.79 Å². The summed E-state index contributed by atoms with van der Waals surface area (Å²) in [4.78, 5) is 25.2. The lowest BCUT2D eigenvalue weighted by molar-refractivity contribution is -0.258. The summed E-state index contributed by atoms with van der Waals surface area (Å²) in [5.41, 5.74) is -0.162. The maximum absolute atomic E-state index is 12.7. The summed E-state index contributed by atoms with van der Waals surface area (Å²) >= 11 is 0. The average molecular weight is 346 g/mol. The van der Waals surface area contributed by atoms with Crippen molar-refractivity contribution in [2.45, 2.75) is 58.2 Å². The van der Waals surface area contributed by atoms with Gasteiger partial charge in [-0.1, -0.05) is 26.0 Å². The van der Waals surface area contributed by atoms with Crippen LogP contribution in [0.4, 0.5) is 0 Å². The summed E-state index contributed by atoms with van der Waals surface area (Å²) in [5, 5.41) is 0. The van der Waals surface area contributed by atoms with Crippen LogP contribution in [0.25, 0.3) is 0 Å². The molecule has 1 unspecified atom stereocenters. The summed E-state index contributed by atoms with van der Waals surface area (Å²) in [6, 6.07) is 0. The Morgan fingerprint density at radius 1 is 0.920 bits per heavy atom. The monoisotopic (exact) mass is 346 g/mol. The molecule has 138 valence electrons. The number of methoxy groups -OCH3 is 2. The van der Waals surface area contributed by atoms with Crippen LogP contribution in [-0.4, -0.2) is 31.6 Å². The van der Waals surface area contributed by atoms with Crippen LogP contribution in [0.3, 0.4) is 0 Å². The van der Waals surface area contributed by atoms with Crippen molar-refractivity contribution in [1.82, 2.24) is 0 Å². The second kappa shape index (κ2) is 5.50. The molecule has 0 spiro atoms. The number of rotatable bonds is 2. The van der Waals surface area contributed by atoms with Gasteiger partial charge in [0.15, 0.2) is 5.78 Å². The van der Waals surface area contributed by atoms with Gasteiger partial charge in [0.1, 0.15) is 5.78 Å². The van der Waals surface area contributed by atoms with Gasteiger partial charge < -0.3 is 9.47 Å². The molecule has 0 bridgehead atoms. The molecule has 0 aromatic carbocycles. The molecule has 0 aromatic rings. The highest BCUT2D eigenvalue weighted by Crippen LogP contribution is 2.64. The van der Waals surface area contributed by atoms with Crippen molar-refractivity contribution in [2.75, 3.05) is 14.2 Å². The Labute approximate surface area is 150 Å². The molecule has 4 aliphatic carbocycles. The quantitative estimate of drug-likeness (QED) is 0.567. The zero-order valence-electron chi connectivity index (χ0n) is 15.8. The molecule has 6 atom stereocenters. The fourth-order valence-corrected chi connectivity index (χ4v) is 6.89. The zero-order chi connectivity index (χ0) is 18.0. The van der Waals surface area contributed by atoms with Crippen molar-refractivity contribution >= 4 is 11.6 Å². The van der Waals surface area contributed by atoms with E-state index in [9.17, 15) is 9.59 Å². The van der Waals surface area contributed by atoms with E-state index in [1.807, 2.05) is 0 Å². The summed E-state index contributed by atoms with van der Waals surface area (Å²) < 4.78 is 11.4. The standard InChI is InChI=1S/C21H30O4/c1-19-12-10-18(23)21(24-3,25-4)16(19)7-5-13-14-6-8-17(22)20(14,2)11-9-15(13)19/h5,7,13-16H,6,8-12H2,1-4H3/t13-,14-,15-,16?,19+,20-/m0/s1. The third kappa shape index (κ3) is 2.01. The predicted molar refractivity (Wildman–Crippen MR) is 93.8 cm³/mol. The van der Waals surface area contributed by atoms with Crippen molar-refractivity contribution in [3.8, 4) is 0 Å². The van der Waals surface area contributed by atoms with E-state index in [4.69, 9.17) is 9.47 Å². The van der Waals surface area contributed by atoms with Crippen LogP contribution in [0.2, 0.25) is 0 Å². The molecule has 0 amide bonds. The van der Waals surface area contributed by atoms with Crippen LogP contribution in [0.1, 0.15) is 52.4 Å². The molecule has 0 saturated heterocycles. The molecule has 0 heterocycles. The summed E-state index contributed by atoms with van der Waals surface area (Å²) in [6.07, 6.45) is 9.65. The lowest BCUT2D eigenvalue weighted by Gasteiger charge is -2.60. The van der Waals surface area contributed by atoms with Crippen LogP contribution in [0.15, 0.2) is 12.2 Å². The predicted octanol–water partition coefficient (Wildman–Crippen LogP) is 3.54. The Hall–Kier alpha value is -1.00. The minimum Gasteiger partial charge on any atom is -0.347 e. The van der Waals surface area contributed by atoms with Crippen molar-refractivity contribution < 1.29 is 19.1 Å². The SMILES string of the molecule is COC1(OC)C(=O)CC[C@@]2(C)C1C=C[C@@H]1[C@@H]2CC[C@]2(C)C(=O)CC[C@@H]12. The molecule has 3 fully saturated rings. The Morgan fingerprint density at radius 3 is 2.32 bits per heavy atom. The first kappa shape index (κ1) is 17.4. The smallest absolute Gasteiger partial charge is 0.235 e. The van der Waals surface area contributed by atoms with Gasteiger partial charge in [0.2, 0.25) is 5.79 Å². The molecule has 4 nitrogen and oxygen atoms in total. The molecule has 0 radical (unpaired) electrons. The van der Waals surface area contributed by atoms with Crippen LogP contribution in [0, 0.1) is 34.5 Å². The normalized spacial score (nSPS) is 48.0. The third-order valence-corrected chi connectivity index (χ3v) is 8.42. The highest BCUT2D eigenvalue weighted by atomic mass is 16.7. The van der Waals surface area contributed by atoms with E-state index in [-0.39, 0.29) is 22.5 Å². The molecule has 4 aliphatic rings. The van der Waals surface area contributed by atoms with Gasteiger partial charge in [0.05, 0.1) is 0 Å². The number of carbonyl (C=O) groups is 2. The first-order chi connectivity index (χ1) is 11.8. The molecule has 0 N–H and O–H groups in total. The Balaban J connectivity index is 1.77. The van der Waals surface area contributed by atoms with E-state index in [1.165, 1.54) is 0 Å². The highest BCUT2D eigenvalue weighted by molar-refractivity contribution is 5.88. The van der Waals surface area contributed by atoms with Gasteiger partial charge in [-0.25, -0.2) is 0 Å². The number of ketones is 2. The Kier molecular flexibility index (Phi) is 3.83. The maximum Gasteiger partial charge on any atom is 0.235 e. The summed E-state index contributed by atoms with van der Waals surface area (Å²) in [6.45, 7) is 4.50. The Morgan fingerprint density at radius 2 is 1.64 bits per heavy atom. The highest BCUT2D eigenvalue weighted by Gasteiger charge is 2.64. The van der Waals surface area contributed by atoms with Crippen molar-refractivity contribution in [3.63, 3.8) is 0 Å². The number of hydrogen-bond acceptors (Lipinski definition) is 4. The van der Waals surface area contributed by atoms with Crippen molar-refractivity contribution in [2.24, 2.45) is 34.5 Å². The van der Waals surface area contributed by atoms with Crippen LogP contribution < -0.4 is 0 Å². The number of allylic oxidation sites excluding steroid dienone is 1. The number of carbonyl (C=O) groups excluding carboxylic acids is 2. The summed E-state index contributed by atoms with van der Waals surface area (Å²) in [5.74, 6) is 0.679. The molecule has 4 heteroatoms. The lowest BCUT2D eigenvalue weighted by Crippen LogP contribution is -2.62. The molecule has 0 aliphatic heterocycles. The first-order valence-corrected chi connectivity index (χ1v) is 9.69. The first-order valence-electron chi connectivity index (χ1n) is 9.69. The fraction of sp³-hybridized carbons (Fsp3) is 0.810. The van der Waals surface area contributed by atoms with E-state index >= 15 is 0 Å². The number of ether oxygens (including phenoxy) is 2. The molecular formula is C21H30O4. The van der Waals surface area contributed by atoms with Gasteiger partial charge in [-0.3, -0.25) is 9.59 Å². The number of Topliss-reactive ketones (excluding diaryl/α,β-unsaturated/α-hetero) is 2. The number of fused-ring (bicyclic) bond motifs is 5. The molecular weight excluding hydrogens is 316 g/mol. The zero-order valence-corrected chi connectivity index (χ0v) is 15.8. The fourth-order valence-electron chi connectivity index (χ4n) is 6.89. The number of hydrogen-bond donors (Lipinski definition) is 0. The van der Waals surface area contributed by atoms with E-state index in [1.54, 1.807) is 14.2 Å². The van der Waals surface area contributed by atoms with E-state index in [0.717, 1.165) is 32.1 Å². The van der Waals surface area contributed by atoms with Crippen LogP contribution in [-0.2, 0) is 19.1 Å². The van der Waals surface area contributed by atoms with Gasteiger partial charge in [-0.2, -0.15) is 0 Å². The van der Waals surface area contributed by atoms with Crippen molar-refractivity contribution in [1.29, 1.82) is 0 Å². The minimum atomic E-state index is -1.15. The average Bonchev–Trinajstić information content (AvgIpc) is 2.91. The molecule has 4 rings (SSSR count). The lowest BCUT2D eigenvalue weighted by atomic mass is 9.46. The molecule has 3 saturated carbocycles. The minimum absolute atomic E-state index is 0.0215. The Bertz CT molecular complexity index is 634. The van der Waals surface area contributed by atoms with Gasteiger partial charge in [0, 0.05) is 38.4 Å². The topological polar surface area (TPSA) is 52.6 Å². The van der Waals surface area contributed by atoms with Crippen LogP contribution in [0.5, 0.6) is 0 Å². The largest absolute Gasteiger partial charge is 0.347 e. The van der Waals surface area contributed by atoms with Crippen molar-refractivity contribution in [3.05, 3.63) is 12.2 Å². The third-order valence-electron chi connectivity index (χ3n) is 8.42. The van der Waals surface area contributed by atoms with Crippen LogP contribution >= 0.6 is 0 Å². The second-order valence-electron chi connectivity index (χ2n) is 9.08. The van der Waals surface area contributed by atoms with Gasteiger partial charge in [-0.15, -0.1) is 0 Å². The van der Waals surface area contributed by atoms with Gasteiger partial charge in [0.25, 0.3) is 0 Å².